The van der Waals surface area contributed by atoms with E-state index in [2.05, 4.69) is 12.2 Å². The molecule has 0 spiro atoms. The Morgan fingerprint density at radius 3 is 1.83 bits per heavy atom. The van der Waals surface area contributed by atoms with Gasteiger partial charge in [-0.15, -0.1) is 0 Å². The molecular formula is C3H6NOS+. The standard InChI is InChI=1S/C3H6NOS/c1-4(2)3(6)5-4/h1-2H3/q+1. The highest BCUT2D eigenvalue weighted by atomic mass is 32.1. The third-order valence-corrected chi connectivity index (χ3v) is 1.23. The van der Waals surface area contributed by atoms with Crippen molar-refractivity contribution < 1.29 is 9.48 Å². The second-order valence-electron chi connectivity index (χ2n) is 1.71. The molecule has 0 aromatic heterocycles. The highest BCUT2D eigenvalue weighted by molar-refractivity contribution is 7.80. The number of thiocarbonyl (C=S) groups is 1. The van der Waals surface area contributed by atoms with E-state index in [9.17, 15) is 0 Å². The Kier molecular flexibility index (Phi) is 0.497. The molecule has 1 aliphatic rings. The third kappa shape index (κ3) is 0.399. The lowest BCUT2D eigenvalue weighted by atomic mass is 11.0. The molecule has 0 atom stereocenters. The largest absolute Gasteiger partial charge is 0.457 e. The van der Waals surface area contributed by atoms with Crippen LogP contribution in [0.5, 0.6) is 0 Å². The molecule has 0 aliphatic carbocycles. The molecule has 1 rings (SSSR count). The summed E-state index contributed by atoms with van der Waals surface area (Å²) in [5.41, 5.74) is 0. The van der Waals surface area contributed by atoms with Gasteiger partial charge >= 0.3 is 5.17 Å². The van der Waals surface area contributed by atoms with E-state index in [4.69, 9.17) is 4.84 Å². The first-order valence-corrected chi connectivity index (χ1v) is 2.12. The van der Waals surface area contributed by atoms with Gasteiger partial charge in [-0.25, -0.2) is 4.84 Å². The van der Waals surface area contributed by atoms with Crippen LogP contribution < -0.4 is 0 Å². The van der Waals surface area contributed by atoms with Crippen LogP contribution in [0.15, 0.2) is 0 Å². The zero-order chi connectivity index (χ0) is 4.78. The van der Waals surface area contributed by atoms with Gasteiger partial charge in [0.25, 0.3) is 0 Å². The summed E-state index contributed by atoms with van der Waals surface area (Å²) in [4.78, 5) is 4.77. The molecule has 0 N–H and O–H groups in total. The van der Waals surface area contributed by atoms with Crippen LogP contribution >= 0.6 is 12.2 Å². The van der Waals surface area contributed by atoms with E-state index in [1.54, 1.807) is 0 Å². The maximum Gasteiger partial charge on any atom is 0.457 e. The fourth-order valence-electron chi connectivity index (χ4n) is 0.175. The van der Waals surface area contributed by atoms with Crippen LogP contribution in [0.3, 0.4) is 0 Å². The van der Waals surface area contributed by atoms with Gasteiger partial charge in [0.05, 0.1) is 0 Å². The molecule has 0 radical (unpaired) electrons. The van der Waals surface area contributed by atoms with E-state index in [1.807, 2.05) is 14.1 Å². The summed E-state index contributed by atoms with van der Waals surface area (Å²) in [6.07, 6.45) is 0. The summed E-state index contributed by atoms with van der Waals surface area (Å²) in [7, 11) is 3.78. The summed E-state index contributed by atoms with van der Waals surface area (Å²) in [6.45, 7) is 0. The SMILES string of the molecule is C[N+]1(C)OC1=S. The fourth-order valence-corrected chi connectivity index (χ4v) is 0.361. The second-order valence-corrected chi connectivity index (χ2v) is 2.06. The zero-order valence-electron chi connectivity index (χ0n) is 3.76. The smallest absolute Gasteiger partial charge is 0.230 e. The molecule has 1 fully saturated rings. The quantitative estimate of drug-likeness (QED) is 0.249. The van der Waals surface area contributed by atoms with Crippen LogP contribution in [0.4, 0.5) is 0 Å². The Labute approximate surface area is 41.9 Å². The molecule has 0 aromatic carbocycles. The van der Waals surface area contributed by atoms with Crippen LogP contribution in [0.2, 0.25) is 0 Å². The van der Waals surface area contributed by atoms with Crippen LogP contribution in [0, 0.1) is 0 Å². The van der Waals surface area contributed by atoms with E-state index in [0.29, 0.717) is 9.82 Å². The van der Waals surface area contributed by atoms with Gasteiger partial charge in [-0.2, -0.15) is 0 Å². The number of nitrogens with zero attached hydrogens (tertiary/aromatic N) is 1. The molecule has 1 heterocycles. The predicted molar refractivity (Wildman–Crippen MR) is 25.8 cm³/mol. The van der Waals surface area contributed by atoms with Gasteiger partial charge < -0.3 is 0 Å². The summed E-state index contributed by atoms with van der Waals surface area (Å²) in [5.74, 6) is 0. The van der Waals surface area contributed by atoms with E-state index in [-0.39, 0.29) is 0 Å². The monoisotopic (exact) mass is 104 g/mol. The van der Waals surface area contributed by atoms with Crippen LogP contribution in [0.1, 0.15) is 0 Å². The molecule has 0 saturated carbocycles. The maximum absolute atomic E-state index is 4.77. The number of rotatable bonds is 0. The zero-order valence-corrected chi connectivity index (χ0v) is 4.58. The minimum absolute atomic E-state index is 0.468. The van der Waals surface area contributed by atoms with E-state index in [1.165, 1.54) is 0 Å². The molecule has 0 amide bonds. The Morgan fingerprint density at radius 2 is 1.83 bits per heavy atom. The molecule has 0 aromatic rings. The average Bonchev–Trinajstić information content (AvgIpc) is 1.73. The molecule has 34 valence electrons. The average molecular weight is 104 g/mol. The second kappa shape index (κ2) is 0.741. The first-order chi connectivity index (χ1) is 2.63. The van der Waals surface area contributed by atoms with Gasteiger partial charge in [-0.3, -0.25) is 0 Å². The van der Waals surface area contributed by atoms with Gasteiger partial charge in [0.15, 0.2) is 0 Å². The summed E-state index contributed by atoms with van der Waals surface area (Å²) in [5, 5.41) is 0.676. The van der Waals surface area contributed by atoms with Crippen LogP contribution in [-0.4, -0.2) is 23.9 Å². The number of quaternary nitrogens is 1. The Hall–Kier alpha value is -0.150. The molecule has 1 saturated heterocycles. The molecule has 2 nitrogen and oxygen atoms in total. The van der Waals surface area contributed by atoms with Gasteiger partial charge in [0, 0.05) is 12.2 Å². The maximum atomic E-state index is 4.77. The summed E-state index contributed by atoms with van der Waals surface area (Å²) < 4.78 is 0.468. The number of hydrogen-bond donors (Lipinski definition) is 0. The Bertz CT molecular complexity index is 99.0. The van der Waals surface area contributed by atoms with Crippen molar-refractivity contribution in [3.63, 3.8) is 0 Å². The molecule has 0 bridgehead atoms. The van der Waals surface area contributed by atoms with E-state index in [0.717, 1.165) is 0 Å². The van der Waals surface area contributed by atoms with Gasteiger partial charge in [0.1, 0.15) is 14.1 Å². The molecule has 6 heavy (non-hydrogen) atoms. The van der Waals surface area contributed by atoms with Crippen LogP contribution in [0.25, 0.3) is 0 Å². The van der Waals surface area contributed by atoms with Crippen molar-refractivity contribution in [2.75, 3.05) is 14.1 Å². The van der Waals surface area contributed by atoms with E-state index >= 15 is 0 Å². The van der Waals surface area contributed by atoms with E-state index < -0.39 is 0 Å². The van der Waals surface area contributed by atoms with Crippen molar-refractivity contribution in [1.82, 2.24) is 0 Å². The van der Waals surface area contributed by atoms with Crippen molar-refractivity contribution in [1.29, 1.82) is 0 Å². The minimum Gasteiger partial charge on any atom is -0.230 e. The fraction of sp³-hybridized carbons (Fsp3) is 0.667. The molecule has 1 aliphatic heterocycles. The Balaban J connectivity index is 2.63. The highest BCUT2D eigenvalue weighted by Crippen LogP contribution is 2.18. The first-order valence-electron chi connectivity index (χ1n) is 1.71. The minimum atomic E-state index is 0.468. The summed E-state index contributed by atoms with van der Waals surface area (Å²) in [6, 6.07) is 0. The first kappa shape index (κ1) is 4.02. The van der Waals surface area contributed by atoms with Crippen molar-refractivity contribution in [2.45, 2.75) is 0 Å². The molecule has 3 heteroatoms. The van der Waals surface area contributed by atoms with Gasteiger partial charge in [0.2, 0.25) is 0 Å². The van der Waals surface area contributed by atoms with Crippen LogP contribution in [-0.2, 0) is 4.84 Å². The number of hydrogen-bond acceptors (Lipinski definition) is 2. The lowest BCUT2D eigenvalue weighted by molar-refractivity contribution is -0.854. The Morgan fingerprint density at radius 1 is 1.67 bits per heavy atom. The molecule has 0 unspecified atom stereocenters. The number of hydroxylamine groups is 3. The summed E-state index contributed by atoms with van der Waals surface area (Å²) >= 11 is 4.63. The normalized spacial score (nSPS) is 26.0. The third-order valence-electron chi connectivity index (χ3n) is 0.714. The van der Waals surface area contributed by atoms with Crippen molar-refractivity contribution in [2.24, 2.45) is 0 Å². The van der Waals surface area contributed by atoms with Crippen molar-refractivity contribution in [3.8, 4) is 0 Å². The lowest BCUT2D eigenvalue weighted by Crippen LogP contribution is -2.10. The van der Waals surface area contributed by atoms with Crippen molar-refractivity contribution in [3.05, 3.63) is 0 Å². The predicted octanol–water partition coefficient (Wildman–Crippen LogP) is 0.293. The molecular weight excluding hydrogens is 98.1 g/mol. The highest BCUT2D eigenvalue weighted by Gasteiger charge is 2.47. The topological polar surface area (TPSA) is 12.5 Å². The lowest BCUT2D eigenvalue weighted by Gasteiger charge is -1.82. The van der Waals surface area contributed by atoms with Gasteiger partial charge in [-0.1, -0.05) is 4.65 Å². The van der Waals surface area contributed by atoms with Crippen molar-refractivity contribution >= 4 is 17.4 Å². The van der Waals surface area contributed by atoms with Gasteiger partial charge in [-0.05, 0) is 0 Å².